The summed E-state index contributed by atoms with van der Waals surface area (Å²) in [7, 11) is 2.44. The zero-order chi connectivity index (χ0) is 12.3. The summed E-state index contributed by atoms with van der Waals surface area (Å²) in [5.41, 5.74) is 1.49. The van der Waals surface area contributed by atoms with Crippen LogP contribution >= 0.6 is 0 Å². The van der Waals surface area contributed by atoms with Gasteiger partial charge in [0.15, 0.2) is 0 Å². The third-order valence-corrected chi connectivity index (χ3v) is 4.17. The highest BCUT2D eigenvalue weighted by Crippen LogP contribution is 2.29. The number of hydrogen-bond donors (Lipinski definition) is 0. The van der Waals surface area contributed by atoms with Gasteiger partial charge in [-0.1, -0.05) is 44.2 Å². The lowest BCUT2D eigenvalue weighted by atomic mass is 9.87. The Balaban J connectivity index is 2.07. The third kappa shape index (κ3) is 3.32. The van der Waals surface area contributed by atoms with Crippen molar-refractivity contribution in [2.75, 3.05) is 20.1 Å². The molecule has 1 heterocycles. The number of quaternary nitrogens is 1. The fourth-order valence-electron chi connectivity index (χ4n) is 3.62. The number of benzene rings is 1. The Hall–Kier alpha value is -0.820. The van der Waals surface area contributed by atoms with Crippen LogP contribution in [0.5, 0.6) is 0 Å². The van der Waals surface area contributed by atoms with Crippen LogP contribution in [0.4, 0.5) is 0 Å². The van der Waals surface area contributed by atoms with Crippen LogP contribution in [0.25, 0.3) is 0 Å². The summed E-state index contributed by atoms with van der Waals surface area (Å²) < 4.78 is 1.23. The molecule has 1 aliphatic heterocycles. The molecule has 1 saturated heterocycles. The van der Waals surface area contributed by atoms with Crippen LogP contribution in [0.2, 0.25) is 0 Å². The van der Waals surface area contributed by atoms with E-state index in [2.05, 4.69) is 51.2 Å². The summed E-state index contributed by atoms with van der Waals surface area (Å²) in [6, 6.07) is 11.0. The van der Waals surface area contributed by atoms with E-state index in [-0.39, 0.29) is 0 Å². The van der Waals surface area contributed by atoms with E-state index in [0.29, 0.717) is 0 Å². The van der Waals surface area contributed by atoms with Gasteiger partial charge in [0.25, 0.3) is 0 Å². The van der Waals surface area contributed by atoms with Gasteiger partial charge in [-0.05, 0) is 12.8 Å². The number of piperidine rings is 1. The van der Waals surface area contributed by atoms with Crippen LogP contribution < -0.4 is 0 Å². The standard InChI is InChI=1S/C16H26N/c1-4-15-10-14(2)11-17(3,12-15)13-16-8-6-5-7-9-16/h5-9,14-15H,4,10-13H2,1-3H3/q+1. The molecule has 0 amide bonds. The molecule has 0 spiro atoms. The number of rotatable bonds is 3. The topological polar surface area (TPSA) is 0 Å². The smallest absolute Gasteiger partial charge is 0.104 e. The molecule has 0 aliphatic carbocycles. The molecule has 0 radical (unpaired) electrons. The lowest BCUT2D eigenvalue weighted by Crippen LogP contribution is -2.52. The highest BCUT2D eigenvalue weighted by molar-refractivity contribution is 5.13. The Labute approximate surface area is 106 Å². The molecule has 1 aromatic carbocycles. The van der Waals surface area contributed by atoms with Crippen LogP contribution in [0.3, 0.4) is 0 Å². The molecule has 2 rings (SSSR count). The monoisotopic (exact) mass is 232 g/mol. The molecular weight excluding hydrogens is 206 g/mol. The van der Waals surface area contributed by atoms with E-state index in [1.165, 1.54) is 42.5 Å². The molecule has 1 fully saturated rings. The van der Waals surface area contributed by atoms with Crippen molar-refractivity contribution in [3.8, 4) is 0 Å². The lowest BCUT2D eigenvalue weighted by molar-refractivity contribution is -0.933. The second-order valence-electron chi connectivity index (χ2n) is 6.24. The van der Waals surface area contributed by atoms with Crippen molar-refractivity contribution >= 4 is 0 Å². The minimum absolute atomic E-state index is 0.877. The summed E-state index contributed by atoms with van der Waals surface area (Å²) in [6.07, 6.45) is 2.77. The summed E-state index contributed by atoms with van der Waals surface area (Å²) in [5.74, 6) is 1.80. The van der Waals surface area contributed by atoms with Crippen LogP contribution in [-0.2, 0) is 6.54 Å². The zero-order valence-electron chi connectivity index (χ0n) is 11.5. The van der Waals surface area contributed by atoms with Crippen molar-refractivity contribution in [2.45, 2.75) is 33.2 Å². The molecule has 1 aromatic rings. The van der Waals surface area contributed by atoms with Gasteiger partial charge in [0.1, 0.15) is 6.54 Å². The Morgan fingerprint density at radius 1 is 1.18 bits per heavy atom. The van der Waals surface area contributed by atoms with E-state index in [0.717, 1.165) is 11.8 Å². The Morgan fingerprint density at radius 3 is 2.53 bits per heavy atom. The molecule has 1 heteroatoms. The Kier molecular flexibility index (Phi) is 3.88. The van der Waals surface area contributed by atoms with Crippen LogP contribution in [-0.4, -0.2) is 24.6 Å². The van der Waals surface area contributed by atoms with E-state index in [1.807, 2.05) is 0 Å². The Morgan fingerprint density at radius 2 is 1.88 bits per heavy atom. The van der Waals surface area contributed by atoms with Gasteiger partial charge >= 0.3 is 0 Å². The van der Waals surface area contributed by atoms with Gasteiger partial charge in [0.05, 0.1) is 20.1 Å². The van der Waals surface area contributed by atoms with E-state index in [9.17, 15) is 0 Å². The van der Waals surface area contributed by atoms with Gasteiger partial charge in [-0.25, -0.2) is 0 Å². The molecule has 17 heavy (non-hydrogen) atoms. The van der Waals surface area contributed by atoms with E-state index < -0.39 is 0 Å². The molecule has 3 atom stereocenters. The largest absolute Gasteiger partial charge is 0.322 e. The first kappa shape index (κ1) is 12.6. The van der Waals surface area contributed by atoms with Crippen LogP contribution in [0.1, 0.15) is 32.3 Å². The van der Waals surface area contributed by atoms with E-state index >= 15 is 0 Å². The van der Waals surface area contributed by atoms with Crippen molar-refractivity contribution in [3.05, 3.63) is 35.9 Å². The minimum Gasteiger partial charge on any atom is -0.322 e. The van der Waals surface area contributed by atoms with Crippen LogP contribution in [0.15, 0.2) is 30.3 Å². The van der Waals surface area contributed by atoms with Gasteiger partial charge in [-0.2, -0.15) is 0 Å². The Bertz CT molecular complexity index is 346. The second-order valence-corrected chi connectivity index (χ2v) is 6.24. The average Bonchev–Trinajstić information content (AvgIpc) is 2.28. The number of hydrogen-bond acceptors (Lipinski definition) is 0. The summed E-state index contributed by atoms with van der Waals surface area (Å²) in [6.45, 7) is 8.65. The molecule has 3 unspecified atom stereocenters. The molecule has 0 aromatic heterocycles. The normalized spacial score (nSPS) is 33.6. The molecule has 1 nitrogen and oxygen atoms in total. The van der Waals surface area contributed by atoms with Crippen molar-refractivity contribution < 1.29 is 4.48 Å². The molecular formula is C16H26N+. The molecule has 0 bridgehead atoms. The van der Waals surface area contributed by atoms with Crippen molar-refractivity contribution in [2.24, 2.45) is 11.8 Å². The highest BCUT2D eigenvalue weighted by atomic mass is 15.3. The average molecular weight is 232 g/mol. The maximum atomic E-state index is 2.44. The predicted octanol–water partition coefficient (Wildman–Crippen LogP) is 3.70. The first-order valence-electron chi connectivity index (χ1n) is 6.99. The van der Waals surface area contributed by atoms with Gasteiger partial charge in [0, 0.05) is 17.4 Å². The maximum Gasteiger partial charge on any atom is 0.104 e. The minimum atomic E-state index is 0.877. The van der Waals surface area contributed by atoms with Gasteiger partial charge in [0.2, 0.25) is 0 Å². The molecule has 1 aliphatic rings. The molecule has 94 valence electrons. The quantitative estimate of drug-likeness (QED) is 0.697. The maximum absolute atomic E-state index is 2.44. The summed E-state index contributed by atoms with van der Waals surface area (Å²) in [5, 5.41) is 0. The highest BCUT2D eigenvalue weighted by Gasteiger charge is 2.34. The van der Waals surface area contributed by atoms with Gasteiger partial charge < -0.3 is 4.48 Å². The van der Waals surface area contributed by atoms with Crippen LogP contribution in [0, 0.1) is 11.8 Å². The lowest BCUT2D eigenvalue weighted by Gasteiger charge is -2.44. The first-order chi connectivity index (χ1) is 8.11. The summed E-state index contributed by atoms with van der Waals surface area (Å²) >= 11 is 0. The second kappa shape index (κ2) is 5.22. The van der Waals surface area contributed by atoms with Crippen molar-refractivity contribution in [3.63, 3.8) is 0 Å². The number of nitrogens with zero attached hydrogens (tertiary/aromatic N) is 1. The van der Waals surface area contributed by atoms with Crippen molar-refractivity contribution in [1.82, 2.24) is 0 Å². The van der Waals surface area contributed by atoms with Crippen molar-refractivity contribution in [1.29, 1.82) is 0 Å². The van der Waals surface area contributed by atoms with Gasteiger partial charge in [-0.15, -0.1) is 0 Å². The van der Waals surface area contributed by atoms with Gasteiger partial charge in [-0.3, -0.25) is 0 Å². The van der Waals surface area contributed by atoms with E-state index in [1.54, 1.807) is 0 Å². The molecule has 0 saturated carbocycles. The summed E-state index contributed by atoms with van der Waals surface area (Å²) in [4.78, 5) is 0. The third-order valence-electron chi connectivity index (χ3n) is 4.17. The van der Waals surface area contributed by atoms with E-state index in [4.69, 9.17) is 0 Å². The predicted molar refractivity (Wildman–Crippen MR) is 73.6 cm³/mol. The molecule has 0 N–H and O–H groups in total. The fourth-order valence-corrected chi connectivity index (χ4v) is 3.62. The first-order valence-corrected chi connectivity index (χ1v) is 6.99. The zero-order valence-corrected chi connectivity index (χ0v) is 11.5. The number of likely N-dealkylation sites (tertiary alicyclic amines) is 1. The SMILES string of the molecule is CCC1CC(C)C[N+](C)(Cc2ccccc2)C1. The fraction of sp³-hybridized carbons (Fsp3) is 0.625.